The lowest BCUT2D eigenvalue weighted by molar-refractivity contribution is 0.311. The molecule has 0 N–H and O–H groups in total. The maximum absolute atomic E-state index is 5.50. The Labute approximate surface area is 80.3 Å². The molecule has 0 bridgehead atoms. The maximum Gasteiger partial charge on any atom is 0.143 e. The quantitative estimate of drug-likeness (QED) is 0.675. The van der Waals surface area contributed by atoms with Gasteiger partial charge in [0.05, 0.1) is 12.2 Å². The molecule has 0 saturated carbocycles. The standard InChI is InChI=1S/C9H10BrNO/c1-11-5-6-12-8-4-2-3-7(10)9(8)11/h2-4H,5-6H2,1H3. The Morgan fingerprint density at radius 3 is 3.08 bits per heavy atom. The molecule has 2 nitrogen and oxygen atoms in total. The molecule has 0 radical (unpaired) electrons. The number of halogens is 1. The Morgan fingerprint density at radius 2 is 2.33 bits per heavy atom. The highest BCUT2D eigenvalue weighted by atomic mass is 79.9. The number of likely N-dealkylation sites (N-methyl/N-ethyl adjacent to an activating group) is 1. The van der Waals surface area contributed by atoms with Crippen molar-refractivity contribution in [2.75, 3.05) is 25.1 Å². The molecule has 12 heavy (non-hydrogen) atoms. The zero-order valence-electron chi connectivity index (χ0n) is 6.88. The number of nitrogens with zero attached hydrogens (tertiary/aromatic N) is 1. The molecule has 0 aliphatic carbocycles. The van der Waals surface area contributed by atoms with Crippen LogP contribution in [0.4, 0.5) is 5.69 Å². The van der Waals surface area contributed by atoms with E-state index in [4.69, 9.17) is 4.74 Å². The lowest BCUT2D eigenvalue weighted by Gasteiger charge is -2.28. The van der Waals surface area contributed by atoms with Crippen LogP contribution < -0.4 is 9.64 Å². The Hall–Kier alpha value is -0.700. The number of fused-ring (bicyclic) bond motifs is 1. The molecule has 0 fully saturated rings. The summed E-state index contributed by atoms with van der Waals surface area (Å²) in [6.45, 7) is 1.73. The van der Waals surface area contributed by atoms with Crippen molar-refractivity contribution < 1.29 is 4.74 Å². The second kappa shape index (κ2) is 2.98. The molecule has 0 aromatic heterocycles. The largest absolute Gasteiger partial charge is 0.490 e. The van der Waals surface area contributed by atoms with E-state index in [0.717, 1.165) is 29.1 Å². The molecule has 2 rings (SSSR count). The molecular weight excluding hydrogens is 218 g/mol. The summed E-state index contributed by atoms with van der Waals surface area (Å²) in [7, 11) is 2.08. The van der Waals surface area contributed by atoms with Crippen molar-refractivity contribution in [1.29, 1.82) is 0 Å². The van der Waals surface area contributed by atoms with Gasteiger partial charge in [0, 0.05) is 11.5 Å². The molecule has 1 aromatic rings. The molecular formula is C9H10BrNO. The highest BCUT2D eigenvalue weighted by Gasteiger charge is 2.16. The summed E-state index contributed by atoms with van der Waals surface area (Å²) in [6, 6.07) is 6.02. The average molecular weight is 228 g/mol. The van der Waals surface area contributed by atoms with Gasteiger partial charge in [0.25, 0.3) is 0 Å². The Bertz CT molecular complexity index is 301. The van der Waals surface area contributed by atoms with Crippen molar-refractivity contribution >= 4 is 21.6 Å². The van der Waals surface area contributed by atoms with E-state index in [1.54, 1.807) is 0 Å². The third-order valence-electron chi connectivity index (χ3n) is 2.02. The first-order valence-corrected chi connectivity index (χ1v) is 4.71. The van der Waals surface area contributed by atoms with Crippen LogP contribution in [0.25, 0.3) is 0 Å². The van der Waals surface area contributed by atoms with Gasteiger partial charge in [-0.1, -0.05) is 6.07 Å². The Balaban J connectivity index is 2.53. The minimum Gasteiger partial charge on any atom is -0.490 e. The first kappa shape index (κ1) is 7.92. The number of rotatable bonds is 0. The minimum absolute atomic E-state index is 0.778. The van der Waals surface area contributed by atoms with Crippen LogP contribution in [-0.2, 0) is 0 Å². The SMILES string of the molecule is CN1CCOc2cccc(Br)c21. The van der Waals surface area contributed by atoms with Gasteiger partial charge in [-0.3, -0.25) is 0 Å². The molecule has 1 aliphatic heterocycles. The van der Waals surface area contributed by atoms with Crippen molar-refractivity contribution in [2.24, 2.45) is 0 Å². The van der Waals surface area contributed by atoms with E-state index >= 15 is 0 Å². The van der Waals surface area contributed by atoms with Crippen LogP contribution >= 0.6 is 15.9 Å². The van der Waals surface area contributed by atoms with Gasteiger partial charge in [-0.05, 0) is 28.1 Å². The van der Waals surface area contributed by atoms with Gasteiger partial charge in [0.1, 0.15) is 12.4 Å². The zero-order chi connectivity index (χ0) is 8.55. The zero-order valence-corrected chi connectivity index (χ0v) is 8.47. The van der Waals surface area contributed by atoms with Crippen LogP contribution in [0.1, 0.15) is 0 Å². The van der Waals surface area contributed by atoms with Gasteiger partial charge in [-0.2, -0.15) is 0 Å². The molecule has 1 aromatic carbocycles. The fraction of sp³-hybridized carbons (Fsp3) is 0.333. The lowest BCUT2D eigenvalue weighted by Crippen LogP contribution is -2.28. The second-order valence-electron chi connectivity index (χ2n) is 2.86. The van der Waals surface area contributed by atoms with Gasteiger partial charge in [-0.25, -0.2) is 0 Å². The number of benzene rings is 1. The minimum atomic E-state index is 0.778. The molecule has 0 spiro atoms. The van der Waals surface area contributed by atoms with E-state index in [9.17, 15) is 0 Å². The van der Waals surface area contributed by atoms with Crippen LogP contribution in [0, 0.1) is 0 Å². The molecule has 0 unspecified atom stereocenters. The van der Waals surface area contributed by atoms with Crippen LogP contribution in [0.5, 0.6) is 5.75 Å². The summed E-state index contributed by atoms with van der Waals surface area (Å²) in [4.78, 5) is 2.20. The highest BCUT2D eigenvalue weighted by Crippen LogP contribution is 2.36. The average Bonchev–Trinajstić information content (AvgIpc) is 2.04. The summed E-state index contributed by atoms with van der Waals surface area (Å²) in [6.07, 6.45) is 0. The predicted molar refractivity (Wildman–Crippen MR) is 52.9 cm³/mol. The van der Waals surface area contributed by atoms with E-state index < -0.39 is 0 Å². The predicted octanol–water partition coefficient (Wildman–Crippen LogP) is 2.28. The third kappa shape index (κ3) is 1.18. The summed E-state index contributed by atoms with van der Waals surface area (Å²) in [5.74, 6) is 0.970. The normalized spacial score (nSPS) is 15.3. The summed E-state index contributed by atoms with van der Waals surface area (Å²) >= 11 is 3.50. The molecule has 1 aliphatic rings. The number of para-hydroxylation sites is 1. The molecule has 0 saturated heterocycles. The summed E-state index contributed by atoms with van der Waals surface area (Å²) in [5.41, 5.74) is 1.16. The van der Waals surface area contributed by atoms with Crippen LogP contribution in [-0.4, -0.2) is 20.2 Å². The summed E-state index contributed by atoms with van der Waals surface area (Å²) in [5, 5.41) is 0. The number of hydrogen-bond acceptors (Lipinski definition) is 2. The van der Waals surface area contributed by atoms with E-state index in [-0.39, 0.29) is 0 Å². The third-order valence-corrected chi connectivity index (χ3v) is 2.66. The lowest BCUT2D eigenvalue weighted by atomic mass is 10.2. The van der Waals surface area contributed by atoms with Crippen molar-refractivity contribution in [3.05, 3.63) is 22.7 Å². The fourth-order valence-electron chi connectivity index (χ4n) is 1.39. The molecule has 64 valence electrons. The number of hydrogen-bond donors (Lipinski definition) is 0. The van der Waals surface area contributed by atoms with Gasteiger partial charge in [-0.15, -0.1) is 0 Å². The van der Waals surface area contributed by atoms with E-state index in [2.05, 4.69) is 27.9 Å². The molecule has 3 heteroatoms. The van der Waals surface area contributed by atoms with Crippen molar-refractivity contribution in [1.82, 2.24) is 0 Å². The smallest absolute Gasteiger partial charge is 0.143 e. The van der Waals surface area contributed by atoms with Crippen molar-refractivity contribution in [3.63, 3.8) is 0 Å². The number of anilines is 1. The topological polar surface area (TPSA) is 12.5 Å². The van der Waals surface area contributed by atoms with Crippen LogP contribution in [0.2, 0.25) is 0 Å². The monoisotopic (exact) mass is 227 g/mol. The highest BCUT2D eigenvalue weighted by molar-refractivity contribution is 9.10. The Morgan fingerprint density at radius 1 is 1.50 bits per heavy atom. The van der Waals surface area contributed by atoms with E-state index in [1.807, 2.05) is 18.2 Å². The van der Waals surface area contributed by atoms with Crippen LogP contribution in [0.15, 0.2) is 22.7 Å². The first-order chi connectivity index (χ1) is 5.79. The fourth-order valence-corrected chi connectivity index (χ4v) is 2.04. The van der Waals surface area contributed by atoms with Crippen LogP contribution in [0.3, 0.4) is 0 Å². The van der Waals surface area contributed by atoms with Crippen molar-refractivity contribution in [2.45, 2.75) is 0 Å². The van der Waals surface area contributed by atoms with E-state index in [1.165, 1.54) is 0 Å². The van der Waals surface area contributed by atoms with Gasteiger partial charge in [0.15, 0.2) is 0 Å². The number of ether oxygens (including phenoxy) is 1. The van der Waals surface area contributed by atoms with Gasteiger partial charge in [0.2, 0.25) is 0 Å². The second-order valence-corrected chi connectivity index (χ2v) is 3.71. The summed E-state index contributed by atoms with van der Waals surface area (Å²) < 4.78 is 6.60. The van der Waals surface area contributed by atoms with Gasteiger partial charge < -0.3 is 9.64 Å². The van der Waals surface area contributed by atoms with Crippen molar-refractivity contribution in [3.8, 4) is 5.75 Å². The Kier molecular flexibility index (Phi) is 1.97. The van der Waals surface area contributed by atoms with E-state index in [0.29, 0.717) is 0 Å². The first-order valence-electron chi connectivity index (χ1n) is 3.91. The molecule has 0 atom stereocenters. The molecule has 0 amide bonds. The molecule has 1 heterocycles. The van der Waals surface area contributed by atoms with Gasteiger partial charge >= 0.3 is 0 Å². The maximum atomic E-state index is 5.50.